The fourth-order valence-electron chi connectivity index (χ4n) is 2.71. The smallest absolute Gasteiger partial charge is 0.269 e. The average molecular weight is 380 g/mol. The van der Waals surface area contributed by atoms with Crippen LogP contribution < -0.4 is 4.74 Å². The van der Waals surface area contributed by atoms with Crippen LogP contribution in [0.4, 0.5) is 5.69 Å². The molecule has 2 aromatic carbocycles. The van der Waals surface area contributed by atoms with Gasteiger partial charge in [0.1, 0.15) is 12.4 Å². The zero-order chi connectivity index (χ0) is 20.1. The molecule has 28 heavy (non-hydrogen) atoms. The second-order valence-corrected chi connectivity index (χ2v) is 6.38. The highest BCUT2D eigenvalue weighted by Gasteiger charge is 2.14. The highest BCUT2D eigenvalue weighted by atomic mass is 16.6. The lowest BCUT2D eigenvalue weighted by Crippen LogP contribution is -2.26. The van der Waals surface area contributed by atoms with Crippen molar-refractivity contribution >= 4 is 11.6 Å². The monoisotopic (exact) mass is 380 g/mol. The van der Waals surface area contributed by atoms with E-state index in [1.807, 2.05) is 25.4 Å². The van der Waals surface area contributed by atoms with E-state index >= 15 is 0 Å². The fraction of sp³-hybridized carbons (Fsp3) is 0.200. The lowest BCUT2D eigenvalue weighted by atomic mass is 10.1. The highest BCUT2D eigenvalue weighted by Crippen LogP contribution is 2.19. The van der Waals surface area contributed by atoms with Gasteiger partial charge in [-0.3, -0.25) is 19.6 Å². The quantitative estimate of drug-likeness (QED) is 0.464. The Kier molecular flexibility index (Phi) is 5.69. The van der Waals surface area contributed by atoms with Crippen molar-refractivity contribution in [2.75, 3.05) is 7.05 Å². The first kappa shape index (κ1) is 19.1. The van der Waals surface area contributed by atoms with Crippen LogP contribution in [0.3, 0.4) is 0 Å². The molecule has 3 aromatic rings. The Bertz CT molecular complexity index is 982. The molecule has 0 fully saturated rings. The fourth-order valence-corrected chi connectivity index (χ4v) is 2.71. The molecule has 0 aliphatic carbocycles. The van der Waals surface area contributed by atoms with Crippen LogP contribution in [0, 0.1) is 10.1 Å². The Morgan fingerprint density at radius 3 is 2.61 bits per heavy atom. The third-order valence-electron chi connectivity index (χ3n) is 4.14. The van der Waals surface area contributed by atoms with E-state index in [1.165, 1.54) is 12.1 Å². The molecule has 8 heteroatoms. The lowest BCUT2D eigenvalue weighted by Gasteiger charge is -2.16. The maximum absolute atomic E-state index is 12.7. The van der Waals surface area contributed by atoms with Crippen LogP contribution in [0.2, 0.25) is 0 Å². The number of nitro groups is 1. The number of aryl methyl sites for hydroxylation is 1. The number of amides is 1. The topological polar surface area (TPSA) is 90.5 Å². The Morgan fingerprint density at radius 1 is 1.21 bits per heavy atom. The number of nitro benzene ring substituents is 1. The predicted octanol–water partition coefficient (Wildman–Crippen LogP) is 3.18. The molecule has 0 aliphatic heterocycles. The van der Waals surface area contributed by atoms with Gasteiger partial charge in [-0.05, 0) is 35.9 Å². The van der Waals surface area contributed by atoms with Crippen LogP contribution in [0.5, 0.6) is 5.75 Å². The van der Waals surface area contributed by atoms with Crippen molar-refractivity contribution in [1.29, 1.82) is 0 Å². The Balaban J connectivity index is 1.62. The zero-order valence-corrected chi connectivity index (χ0v) is 15.6. The van der Waals surface area contributed by atoms with E-state index in [-0.39, 0.29) is 18.2 Å². The minimum atomic E-state index is -0.458. The third-order valence-corrected chi connectivity index (χ3v) is 4.14. The minimum Gasteiger partial charge on any atom is -0.489 e. The van der Waals surface area contributed by atoms with E-state index < -0.39 is 4.92 Å². The van der Waals surface area contributed by atoms with Crippen molar-refractivity contribution < 1.29 is 14.5 Å². The van der Waals surface area contributed by atoms with Crippen molar-refractivity contribution in [2.45, 2.75) is 13.2 Å². The number of carbonyl (C=O) groups is 1. The Labute approximate surface area is 162 Å². The van der Waals surface area contributed by atoms with Gasteiger partial charge >= 0.3 is 0 Å². The first-order chi connectivity index (χ1) is 13.4. The van der Waals surface area contributed by atoms with Crippen LogP contribution >= 0.6 is 0 Å². The SMILES string of the molecule is CN(Cc1ccn(C)n1)C(=O)c1cccc(COc2ccc([N+](=O)[O-])cc2)c1. The molecule has 0 atom stereocenters. The molecule has 0 N–H and O–H groups in total. The van der Waals surface area contributed by atoms with Gasteiger partial charge in [0.2, 0.25) is 0 Å². The van der Waals surface area contributed by atoms with Crippen LogP contribution in [-0.4, -0.2) is 32.6 Å². The number of hydrogen-bond acceptors (Lipinski definition) is 5. The largest absolute Gasteiger partial charge is 0.489 e. The van der Waals surface area contributed by atoms with E-state index in [0.29, 0.717) is 17.9 Å². The van der Waals surface area contributed by atoms with Gasteiger partial charge in [-0.15, -0.1) is 0 Å². The molecule has 0 saturated carbocycles. The summed E-state index contributed by atoms with van der Waals surface area (Å²) < 4.78 is 7.36. The summed E-state index contributed by atoms with van der Waals surface area (Å²) in [4.78, 5) is 24.5. The van der Waals surface area contributed by atoms with Crippen LogP contribution in [0.15, 0.2) is 60.8 Å². The van der Waals surface area contributed by atoms with Gasteiger partial charge in [-0.25, -0.2) is 0 Å². The standard InChI is InChI=1S/C20H20N4O4/c1-22(13-17-10-11-23(2)21-17)20(25)16-5-3-4-15(12-16)14-28-19-8-6-18(7-9-19)24(26)27/h3-12H,13-14H2,1-2H3. The lowest BCUT2D eigenvalue weighted by molar-refractivity contribution is -0.384. The van der Waals surface area contributed by atoms with E-state index in [1.54, 1.807) is 47.0 Å². The average Bonchev–Trinajstić information content (AvgIpc) is 3.10. The van der Waals surface area contributed by atoms with Gasteiger partial charge < -0.3 is 9.64 Å². The van der Waals surface area contributed by atoms with E-state index in [9.17, 15) is 14.9 Å². The number of benzene rings is 2. The molecule has 0 radical (unpaired) electrons. The molecular weight excluding hydrogens is 360 g/mol. The molecule has 0 unspecified atom stereocenters. The summed E-state index contributed by atoms with van der Waals surface area (Å²) in [5.74, 6) is 0.414. The summed E-state index contributed by atoms with van der Waals surface area (Å²) >= 11 is 0. The number of aromatic nitrogens is 2. The second kappa shape index (κ2) is 8.34. The van der Waals surface area contributed by atoms with Gasteiger partial charge in [0.25, 0.3) is 11.6 Å². The second-order valence-electron chi connectivity index (χ2n) is 6.38. The molecule has 3 rings (SSSR count). The predicted molar refractivity (Wildman–Crippen MR) is 103 cm³/mol. The molecule has 0 saturated heterocycles. The summed E-state index contributed by atoms with van der Waals surface area (Å²) in [5, 5.41) is 15.0. The molecule has 0 bridgehead atoms. The Hall–Kier alpha value is -3.68. The number of non-ortho nitro benzene ring substituents is 1. The van der Waals surface area contributed by atoms with Gasteiger partial charge in [0, 0.05) is 38.0 Å². The summed E-state index contributed by atoms with van der Waals surface area (Å²) in [6.45, 7) is 0.673. The van der Waals surface area contributed by atoms with Crippen molar-refractivity contribution in [1.82, 2.24) is 14.7 Å². The maximum Gasteiger partial charge on any atom is 0.269 e. The van der Waals surface area contributed by atoms with Gasteiger partial charge in [-0.1, -0.05) is 12.1 Å². The number of rotatable bonds is 7. The summed E-state index contributed by atoms with van der Waals surface area (Å²) in [6.07, 6.45) is 1.84. The van der Waals surface area contributed by atoms with Gasteiger partial charge in [0.15, 0.2) is 0 Å². The number of hydrogen-bond donors (Lipinski definition) is 0. The third kappa shape index (κ3) is 4.73. The molecule has 8 nitrogen and oxygen atoms in total. The summed E-state index contributed by atoms with van der Waals surface area (Å²) in [5.41, 5.74) is 2.21. The molecule has 144 valence electrons. The van der Waals surface area contributed by atoms with Crippen LogP contribution in [-0.2, 0) is 20.2 Å². The normalized spacial score (nSPS) is 10.5. The first-order valence-corrected chi connectivity index (χ1v) is 8.62. The maximum atomic E-state index is 12.7. The van der Waals surface area contributed by atoms with E-state index in [0.717, 1.165) is 11.3 Å². The molecule has 0 aliphatic rings. The molecule has 1 amide bonds. The molecule has 1 aromatic heterocycles. The summed E-state index contributed by atoms with van der Waals surface area (Å²) in [7, 11) is 3.57. The zero-order valence-electron chi connectivity index (χ0n) is 15.6. The Morgan fingerprint density at radius 2 is 1.96 bits per heavy atom. The van der Waals surface area contributed by atoms with Crippen molar-refractivity contribution in [3.05, 3.63) is 87.7 Å². The van der Waals surface area contributed by atoms with Gasteiger partial charge in [-0.2, -0.15) is 5.10 Å². The minimum absolute atomic E-state index is 0.0101. The number of nitrogens with zero attached hydrogens (tertiary/aromatic N) is 4. The van der Waals surface area contributed by atoms with Crippen molar-refractivity contribution in [2.24, 2.45) is 7.05 Å². The first-order valence-electron chi connectivity index (χ1n) is 8.62. The molecular formula is C20H20N4O4. The number of ether oxygens (including phenoxy) is 1. The van der Waals surface area contributed by atoms with Crippen LogP contribution in [0.1, 0.15) is 21.6 Å². The van der Waals surface area contributed by atoms with E-state index in [2.05, 4.69) is 5.10 Å². The highest BCUT2D eigenvalue weighted by molar-refractivity contribution is 5.94. The van der Waals surface area contributed by atoms with Crippen molar-refractivity contribution in [3.63, 3.8) is 0 Å². The summed E-state index contributed by atoms with van der Waals surface area (Å²) in [6, 6.07) is 15.0. The van der Waals surface area contributed by atoms with Crippen LogP contribution in [0.25, 0.3) is 0 Å². The van der Waals surface area contributed by atoms with Gasteiger partial charge in [0.05, 0.1) is 17.2 Å². The molecule has 0 spiro atoms. The number of carbonyl (C=O) groups excluding carboxylic acids is 1. The van der Waals surface area contributed by atoms with E-state index in [4.69, 9.17) is 4.74 Å². The van der Waals surface area contributed by atoms with Crippen molar-refractivity contribution in [3.8, 4) is 5.75 Å². The molecule has 1 heterocycles.